The normalized spacial score (nSPS) is 22.0. The van der Waals surface area contributed by atoms with E-state index in [2.05, 4.69) is 30.6 Å². The number of aromatic nitrogens is 5. The number of benzene rings is 1. The number of nitrogens with one attached hydrogen (secondary N) is 1. The van der Waals surface area contributed by atoms with Gasteiger partial charge in [-0.1, -0.05) is 12.1 Å². The quantitative estimate of drug-likeness (QED) is 0.477. The number of piperidine rings is 1. The van der Waals surface area contributed by atoms with Crippen molar-refractivity contribution in [1.29, 1.82) is 0 Å². The lowest BCUT2D eigenvalue weighted by Gasteiger charge is -2.42. The molecule has 3 aliphatic rings. The Morgan fingerprint density at radius 2 is 2.12 bits per heavy atom. The zero-order chi connectivity index (χ0) is 22.9. The summed E-state index contributed by atoms with van der Waals surface area (Å²) in [6.45, 7) is 2.97. The van der Waals surface area contributed by atoms with Crippen molar-refractivity contribution >= 4 is 28.2 Å². The molecule has 5 heterocycles. The number of fused-ring (bicyclic) bond motifs is 4. The fourth-order valence-electron chi connectivity index (χ4n) is 6.11. The molecule has 1 aromatic carbocycles. The van der Waals surface area contributed by atoms with Crippen molar-refractivity contribution in [2.24, 2.45) is 11.1 Å². The zero-order valence-electron chi connectivity index (χ0n) is 18.8. The Morgan fingerprint density at radius 1 is 1.24 bits per heavy atom. The average Bonchev–Trinajstić information content (AvgIpc) is 3.57. The Kier molecular flexibility index (Phi) is 4.35. The molecule has 1 fully saturated rings. The Bertz CT molecular complexity index is 1450. The maximum atomic E-state index is 13.8. The van der Waals surface area contributed by atoms with Crippen LogP contribution in [-0.2, 0) is 11.2 Å². The summed E-state index contributed by atoms with van der Waals surface area (Å²) in [4.78, 5) is 11.9. The van der Waals surface area contributed by atoms with E-state index in [0.29, 0.717) is 18.9 Å². The van der Waals surface area contributed by atoms with Crippen LogP contribution < -0.4 is 10.6 Å². The van der Waals surface area contributed by atoms with Crippen LogP contribution in [0.25, 0.3) is 22.3 Å². The fraction of sp³-hybridized carbons (Fsp3) is 0.400. The van der Waals surface area contributed by atoms with Crippen LogP contribution in [0.15, 0.2) is 36.7 Å². The third kappa shape index (κ3) is 2.86. The highest BCUT2D eigenvalue weighted by atomic mass is 19.1. The molecule has 174 valence electrons. The van der Waals surface area contributed by atoms with Gasteiger partial charge in [0.05, 0.1) is 24.3 Å². The summed E-state index contributed by atoms with van der Waals surface area (Å²) in [7, 11) is 0. The molecular weight excluding hydrogens is 433 g/mol. The summed E-state index contributed by atoms with van der Waals surface area (Å²) in [6.07, 6.45) is 9.49. The molecule has 0 bridgehead atoms. The van der Waals surface area contributed by atoms with Gasteiger partial charge in [-0.2, -0.15) is 10.1 Å². The van der Waals surface area contributed by atoms with Crippen molar-refractivity contribution in [2.45, 2.75) is 31.7 Å². The van der Waals surface area contributed by atoms with E-state index < -0.39 is 0 Å². The van der Waals surface area contributed by atoms with Crippen molar-refractivity contribution in [3.05, 3.63) is 59.3 Å². The minimum absolute atomic E-state index is 0.0280. The first-order valence-corrected chi connectivity index (χ1v) is 11.9. The molecule has 1 saturated heterocycles. The monoisotopic (exact) mass is 459 g/mol. The molecule has 1 spiro atoms. The van der Waals surface area contributed by atoms with Crippen LogP contribution in [0.3, 0.4) is 0 Å². The van der Waals surface area contributed by atoms with Crippen LogP contribution in [0.4, 0.5) is 10.3 Å². The maximum absolute atomic E-state index is 13.8. The Hall–Kier alpha value is -3.30. The number of aromatic amines is 1. The van der Waals surface area contributed by atoms with E-state index in [1.807, 2.05) is 18.5 Å². The summed E-state index contributed by atoms with van der Waals surface area (Å²) in [5, 5.41) is 8.69. The lowest BCUT2D eigenvalue weighted by molar-refractivity contribution is 0.161. The van der Waals surface area contributed by atoms with E-state index in [1.165, 1.54) is 11.1 Å². The second kappa shape index (κ2) is 7.35. The number of imidazole rings is 1. The van der Waals surface area contributed by atoms with Crippen LogP contribution in [0.5, 0.6) is 0 Å². The second-order valence-electron chi connectivity index (χ2n) is 9.73. The highest BCUT2D eigenvalue weighted by Crippen LogP contribution is 2.51. The van der Waals surface area contributed by atoms with Crippen LogP contribution in [0, 0.1) is 11.2 Å². The number of H-pyrrole nitrogens is 1. The predicted molar refractivity (Wildman–Crippen MR) is 127 cm³/mol. The van der Waals surface area contributed by atoms with Gasteiger partial charge in [0.25, 0.3) is 0 Å². The van der Waals surface area contributed by atoms with Crippen LogP contribution in [0.2, 0.25) is 0 Å². The number of anilines is 1. The first kappa shape index (κ1) is 20.1. The molecule has 0 saturated carbocycles. The summed E-state index contributed by atoms with van der Waals surface area (Å²) < 4.78 is 21.4. The van der Waals surface area contributed by atoms with Gasteiger partial charge in [-0.05, 0) is 59.9 Å². The van der Waals surface area contributed by atoms with Gasteiger partial charge in [0, 0.05) is 31.5 Å². The molecular formula is C25H26FN7O. The number of halogens is 1. The van der Waals surface area contributed by atoms with Crippen LogP contribution in [-0.4, -0.2) is 50.9 Å². The Balaban J connectivity index is 1.22. The molecule has 3 N–H and O–H groups in total. The molecule has 0 unspecified atom stereocenters. The largest absolute Gasteiger partial charge is 0.377 e. The standard InChI is InChI=1S/C25H26FN7O/c26-17-2-1-16-14-25(21(27)18(16)13-17)5-8-32(9-6-25)24-29-22-19(23-28-7-10-33(23)24)20(30-31-22)15-3-11-34-12-4-15/h1-3,7,10,13,21H,4-6,8-9,11-12,14,27H2,(H,30,31)/t21-/m1/s1. The molecule has 9 heteroatoms. The summed E-state index contributed by atoms with van der Waals surface area (Å²) in [5.74, 6) is 0.641. The summed E-state index contributed by atoms with van der Waals surface area (Å²) >= 11 is 0. The molecule has 1 atom stereocenters. The van der Waals surface area contributed by atoms with Gasteiger partial charge in [0.1, 0.15) is 5.82 Å². The second-order valence-corrected chi connectivity index (χ2v) is 9.73. The Labute approximate surface area is 195 Å². The number of rotatable bonds is 2. The maximum Gasteiger partial charge on any atom is 0.213 e. The average molecular weight is 460 g/mol. The van der Waals surface area contributed by atoms with E-state index in [0.717, 1.165) is 67.0 Å². The SMILES string of the molecule is N[C@@H]1c2cc(F)ccc2CC12CCN(c1nc3n[nH]c(C4=CCOCC4)c3c3nccn13)CC2. The van der Waals surface area contributed by atoms with Gasteiger partial charge in [0.15, 0.2) is 11.3 Å². The van der Waals surface area contributed by atoms with Crippen molar-refractivity contribution < 1.29 is 9.13 Å². The third-order valence-corrected chi connectivity index (χ3v) is 8.00. The molecule has 7 rings (SSSR count). The zero-order valence-corrected chi connectivity index (χ0v) is 18.8. The van der Waals surface area contributed by atoms with Gasteiger partial charge >= 0.3 is 0 Å². The number of nitrogens with zero attached hydrogens (tertiary/aromatic N) is 5. The van der Waals surface area contributed by atoms with E-state index in [-0.39, 0.29) is 17.3 Å². The first-order valence-electron chi connectivity index (χ1n) is 11.9. The minimum atomic E-state index is -0.210. The minimum Gasteiger partial charge on any atom is -0.377 e. The highest BCUT2D eigenvalue weighted by molar-refractivity contribution is 5.98. The topological polar surface area (TPSA) is 97.4 Å². The van der Waals surface area contributed by atoms with Crippen molar-refractivity contribution in [3.63, 3.8) is 0 Å². The van der Waals surface area contributed by atoms with Crippen molar-refractivity contribution in [2.75, 3.05) is 31.2 Å². The van der Waals surface area contributed by atoms with Crippen molar-refractivity contribution in [1.82, 2.24) is 24.6 Å². The van der Waals surface area contributed by atoms with Crippen molar-refractivity contribution in [3.8, 4) is 0 Å². The van der Waals surface area contributed by atoms with E-state index in [1.54, 1.807) is 12.1 Å². The number of nitrogens with two attached hydrogens (primary N) is 1. The van der Waals surface area contributed by atoms with Gasteiger partial charge in [-0.3, -0.25) is 9.50 Å². The van der Waals surface area contributed by atoms with Gasteiger partial charge in [-0.15, -0.1) is 0 Å². The first-order chi connectivity index (χ1) is 16.6. The number of ether oxygens (including phenoxy) is 1. The fourth-order valence-corrected chi connectivity index (χ4v) is 6.11. The molecule has 2 aliphatic heterocycles. The predicted octanol–water partition coefficient (Wildman–Crippen LogP) is 3.39. The molecule has 8 nitrogen and oxygen atoms in total. The summed E-state index contributed by atoms with van der Waals surface area (Å²) in [6, 6.07) is 4.93. The van der Waals surface area contributed by atoms with E-state index >= 15 is 0 Å². The lowest BCUT2D eigenvalue weighted by atomic mass is 9.73. The van der Waals surface area contributed by atoms with Gasteiger partial charge in [0.2, 0.25) is 5.95 Å². The number of hydrogen-bond acceptors (Lipinski definition) is 6. The van der Waals surface area contributed by atoms with E-state index in [9.17, 15) is 4.39 Å². The molecule has 0 amide bonds. The Morgan fingerprint density at radius 3 is 2.94 bits per heavy atom. The molecule has 34 heavy (non-hydrogen) atoms. The van der Waals surface area contributed by atoms with E-state index in [4.69, 9.17) is 15.5 Å². The lowest BCUT2D eigenvalue weighted by Crippen LogP contribution is -2.45. The number of hydrogen-bond donors (Lipinski definition) is 2. The van der Waals surface area contributed by atoms with Crippen LogP contribution in [0.1, 0.15) is 42.1 Å². The molecule has 0 radical (unpaired) electrons. The molecule has 3 aromatic heterocycles. The third-order valence-electron chi connectivity index (χ3n) is 8.00. The molecule has 1 aliphatic carbocycles. The summed E-state index contributed by atoms with van der Waals surface area (Å²) in [5.41, 5.74) is 12.5. The van der Waals surface area contributed by atoms with Crippen LogP contribution >= 0.6 is 0 Å². The smallest absolute Gasteiger partial charge is 0.213 e. The highest BCUT2D eigenvalue weighted by Gasteiger charge is 2.46. The van der Waals surface area contributed by atoms with Gasteiger partial charge in [-0.25, -0.2) is 9.37 Å². The van der Waals surface area contributed by atoms with Gasteiger partial charge < -0.3 is 15.4 Å². The molecule has 4 aromatic rings.